The monoisotopic (exact) mass is 458 g/mol. The van der Waals surface area contributed by atoms with Gasteiger partial charge in [-0.1, -0.05) is 72.3 Å². The van der Waals surface area contributed by atoms with Gasteiger partial charge in [0.05, 0.1) is 22.6 Å². The number of nitrogens with zero attached hydrogens (tertiary/aromatic N) is 2. The van der Waals surface area contributed by atoms with Gasteiger partial charge >= 0.3 is 0 Å². The second-order valence-electron chi connectivity index (χ2n) is 9.20. The molecule has 0 saturated heterocycles. The van der Waals surface area contributed by atoms with Gasteiger partial charge < -0.3 is 10.6 Å². The standard InChI is InChI=1S/C30H26N4O/c1-18-15-16-24(19(2)17-18)32-29(35)27-20(3)31-30-33-25-13-6-7-14-26(25)34(30)28(27)23-12-8-10-21-9-4-5-11-22(21)23/h4-17,28H,1-3H3,(H,31,33)(H,32,35)/t28-/m1/s1. The highest BCUT2D eigenvalue weighted by Gasteiger charge is 2.35. The molecule has 2 N–H and O–H groups in total. The minimum Gasteiger partial charge on any atom is -0.329 e. The fourth-order valence-corrected chi connectivity index (χ4v) is 5.18. The molecular formula is C30H26N4O. The van der Waals surface area contributed by atoms with Crippen molar-refractivity contribution in [3.8, 4) is 0 Å². The number of rotatable bonds is 3. The molecule has 1 aliphatic rings. The van der Waals surface area contributed by atoms with Gasteiger partial charge in [0.25, 0.3) is 5.91 Å². The lowest BCUT2D eigenvalue weighted by atomic mass is 9.90. The average molecular weight is 459 g/mol. The molecule has 1 amide bonds. The van der Waals surface area contributed by atoms with Gasteiger partial charge in [0, 0.05) is 11.4 Å². The van der Waals surface area contributed by atoms with E-state index >= 15 is 0 Å². The third-order valence-electron chi connectivity index (χ3n) is 6.82. The number of imidazole rings is 1. The molecule has 5 nitrogen and oxygen atoms in total. The van der Waals surface area contributed by atoms with Gasteiger partial charge in [-0.3, -0.25) is 9.36 Å². The summed E-state index contributed by atoms with van der Waals surface area (Å²) in [5.74, 6) is 0.619. The van der Waals surface area contributed by atoms with Crippen molar-refractivity contribution in [2.24, 2.45) is 0 Å². The van der Waals surface area contributed by atoms with E-state index in [1.807, 2.05) is 56.3 Å². The van der Waals surface area contributed by atoms with Gasteiger partial charge in [0.1, 0.15) is 0 Å². The van der Waals surface area contributed by atoms with Crippen LogP contribution in [0.2, 0.25) is 0 Å². The Balaban J connectivity index is 1.57. The summed E-state index contributed by atoms with van der Waals surface area (Å²) in [6, 6.07) is 28.4. The van der Waals surface area contributed by atoms with Gasteiger partial charge in [-0.15, -0.1) is 0 Å². The zero-order valence-corrected chi connectivity index (χ0v) is 20.0. The molecule has 0 fully saturated rings. The lowest BCUT2D eigenvalue weighted by Crippen LogP contribution is -2.31. The molecule has 5 aromatic rings. The van der Waals surface area contributed by atoms with Crippen LogP contribution in [0.25, 0.3) is 21.8 Å². The molecule has 1 atom stereocenters. The number of hydrogen-bond acceptors (Lipinski definition) is 3. The van der Waals surface area contributed by atoms with E-state index in [0.29, 0.717) is 5.57 Å². The summed E-state index contributed by atoms with van der Waals surface area (Å²) in [5.41, 5.74) is 7.44. The number of aromatic nitrogens is 2. The van der Waals surface area contributed by atoms with Gasteiger partial charge in [0.15, 0.2) is 0 Å². The number of hydrogen-bond donors (Lipinski definition) is 2. The van der Waals surface area contributed by atoms with Crippen molar-refractivity contribution in [2.45, 2.75) is 26.8 Å². The highest BCUT2D eigenvalue weighted by atomic mass is 16.1. The second kappa shape index (κ2) is 8.13. The Morgan fingerprint density at radius 3 is 2.54 bits per heavy atom. The topological polar surface area (TPSA) is 59.0 Å². The molecule has 35 heavy (non-hydrogen) atoms. The van der Waals surface area contributed by atoms with E-state index < -0.39 is 0 Å². The molecular weight excluding hydrogens is 432 g/mol. The van der Waals surface area contributed by atoms with E-state index in [1.165, 1.54) is 5.56 Å². The Morgan fingerprint density at radius 2 is 1.69 bits per heavy atom. The smallest absolute Gasteiger partial charge is 0.255 e. The Morgan fingerprint density at radius 1 is 0.914 bits per heavy atom. The van der Waals surface area contributed by atoms with Crippen LogP contribution in [-0.2, 0) is 4.79 Å². The van der Waals surface area contributed by atoms with Crippen LogP contribution in [0, 0.1) is 13.8 Å². The SMILES string of the molecule is CC1=C(C(=O)Nc2ccc(C)cc2C)[C@@H](c2cccc3ccccc23)n2c(nc3ccccc32)N1. The quantitative estimate of drug-likeness (QED) is 0.315. The molecule has 0 unspecified atom stereocenters. The third kappa shape index (κ3) is 3.48. The van der Waals surface area contributed by atoms with Crippen LogP contribution < -0.4 is 10.6 Å². The van der Waals surface area contributed by atoms with Crippen molar-refractivity contribution in [1.82, 2.24) is 9.55 Å². The van der Waals surface area contributed by atoms with E-state index in [2.05, 4.69) is 64.6 Å². The van der Waals surface area contributed by atoms with E-state index in [4.69, 9.17) is 4.98 Å². The maximum atomic E-state index is 14.0. The van der Waals surface area contributed by atoms with E-state index in [-0.39, 0.29) is 11.9 Å². The highest BCUT2D eigenvalue weighted by molar-refractivity contribution is 6.07. The number of anilines is 2. The number of carbonyl (C=O) groups excluding carboxylic acids is 1. The summed E-state index contributed by atoms with van der Waals surface area (Å²) in [7, 11) is 0. The number of carbonyl (C=O) groups is 1. The molecule has 0 aliphatic carbocycles. The Bertz CT molecular complexity index is 1650. The zero-order valence-electron chi connectivity index (χ0n) is 20.0. The number of benzene rings is 4. The minimum absolute atomic E-state index is 0.122. The summed E-state index contributed by atoms with van der Waals surface area (Å²) in [5, 5.41) is 8.85. The number of fused-ring (bicyclic) bond motifs is 4. The lowest BCUT2D eigenvalue weighted by Gasteiger charge is -2.31. The Hall–Kier alpha value is -4.38. The number of aryl methyl sites for hydroxylation is 2. The highest BCUT2D eigenvalue weighted by Crippen LogP contribution is 2.41. The second-order valence-corrected chi connectivity index (χ2v) is 9.20. The van der Waals surface area contributed by atoms with Crippen LogP contribution >= 0.6 is 0 Å². The van der Waals surface area contributed by atoms with Crippen molar-refractivity contribution < 1.29 is 4.79 Å². The number of allylic oxidation sites excluding steroid dienone is 1. The maximum absolute atomic E-state index is 14.0. The van der Waals surface area contributed by atoms with Crippen molar-refractivity contribution >= 4 is 39.3 Å². The Kier molecular flexibility index (Phi) is 4.92. The molecule has 0 spiro atoms. The summed E-state index contributed by atoms with van der Waals surface area (Å²) in [6.45, 7) is 6.03. The number of para-hydroxylation sites is 2. The van der Waals surface area contributed by atoms with Crippen LogP contribution in [0.3, 0.4) is 0 Å². The van der Waals surface area contributed by atoms with Crippen LogP contribution in [-0.4, -0.2) is 15.5 Å². The van der Waals surface area contributed by atoms with Crippen LogP contribution in [0.4, 0.5) is 11.6 Å². The van der Waals surface area contributed by atoms with Gasteiger partial charge in [-0.25, -0.2) is 4.98 Å². The molecule has 1 aliphatic heterocycles. The first-order chi connectivity index (χ1) is 17.0. The number of nitrogens with one attached hydrogen (secondary N) is 2. The fourth-order valence-electron chi connectivity index (χ4n) is 5.18. The lowest BCUT2D eigenvalue weighted by molar-refractivity contribution is -0.113. The molecule has 172 valence electrons. The first-order valence-electron chi connectivity index (χ1n) is 11.8. The Labute approximate surface area is 204 Å². The summed E-state index contributed by atoms with van der Waals surface area (Å²) < 4.78 is 2.15. The first-order valence-corrected chi connectivity index (χ1v) is 11.8. The molecule has 5 heteroatoms. The predicted molar refractivity (Wildman–Crippen MR) is 143 cm³/mol. The van der Waals surface area contributed by atoms with Crippen LogP contribution in [0.15, 0.2) is 96.2 Å². The maximum Gasteiger partial charge on any atom is 0.255 e. The first kappa shape index (κ1) is 21.2. The molecule has 6 rings (SSSR count). The largest absolute Gasteiger partial charge is 0.329 e. The summed E-state index contributed by atoms with van der Waals surface area (Å²) in [6.07, 6.45) is 0. The van der Waals surface area contributed by atoms with Crippen molar-refractivity contribution in [1.29, 1.82) is 0 Å². The van der Waals surface area contributed by atoms with Crippen LogP contribution in [0.1, 0.15) is 29.7 Å². The molecule has 2 heterocycles. The van der Waals surface area contributed by atoms with E-state index in [0.717, 1.165) is 50.3 Å². The predicted octanol–water partition coefficient (Wildman–Crippen LogP) is 6.73. The molecule has 0 saturated carbocycles. The van der Waals surface area contributed by atoms with Crippen molar-refractivity contribution in [2.75, 3.05) is 10.6 Å². The molecule has 4 aromatic carbocycles. The zero-order chi connectivity index (χ0) is 24.1. The minimum atomic E-state index is -0.337. The fraction of sp³-hybridized carbons (Fsp3) is 0.133. The third-order valence-corrected chi connectivity index (χ3v) is 6.82. The molecule has 1 aromatic heterocycles. The summed E-state index contributed by atoms with van der Waals surface area (Å²) in [4.78, 5) is 18.8. The van der Waals surface area contributed by atoms with E-state index in [1.54, 1.807) is 0 Å². The normalized spacial score (nSPS) is 15.2. The van der Waals surface area contributed by atoms with Crippen molar-refractivity contribution in [3.05, 3.63) is 113 Å². The van der Waals surface area contributed by atoms with Crippen LogP contribution in [0.5, 0.6) is 0 Å². The van der Waals surface area contributed by atoms with E-state index in [9.17, 15) is 4.79 Å². The van der Waals surface area contributed by atoms with Gasteiger partial charge in [0.2, 0.25) is 5.95 Å². The van der Waals surface area contributed by atoms with Crippen molar-refractivity contribution in [3.63, 3.8) is 0 Å². The average Bonchev–Trinajstić information content (AvgIpc) is 3.22. The molecule has 0 bridgehead atoms. The molecule has 0 radical (unpaired) electrons. The van der Waals surface area contributed by atoms with Gasteiger partial charge in [-0.05, 0) is 60.9 Å². The van der Waals surface area contributed by atoms with Gasteiger partial charge in [-0.2, -0.15) is 0 Å². The summed E-state index contributed by atoms with van der Waals surface area (Å²) >= 11 is 0. The number of amides is 1.